The largest absolute Gasteiger partial charge is 0.465 e. The first-order chi connectivity index (χ1) is 9.37. The quantitative estimate of drug-likeness (QED) is 0.752. The first-order valence-corrected chi connectivity index (χ1v) is 9.28. The van der Waals surface area contributed by atoms with Crippen molar-refractivity contribution in [2.24, 2.45) is 0 Å². The van der Waals surface area contributed by atoms with Crippen LogP contribution < -0.4 is 0 Å². The summed E-state index contributed by atoms with van der Waals surface area (Å²) in [4.78, 5) is 11.9. The second-order valence-corrected chi connectivity index (χ2v) is 9.04. The molecule has 112 valence electrons. The van der Waals surface area contributed by atoms with Crippen LogP contribution in [-0.4, -0.2) is 38.9 Å². The molecule has 0 aromatic carbocycles. The van der Waals surface area contributed by atoms with Crippen molar-refractivity contribution in [3.63, 3.8) is 0 Å². The summed E-state index contributed by atoms with van der Waals surface area (Å²) in [5.74, 6) is -0.527. The molecule has 1 fully saturated rings. The van der Waals surface area contributed by atoms with Crippen molar-refractivity contribution < 1.29 is 17.9 Å². The van der Waals surface area contributed by atoms with Crippen LogP contribution >= 0.6 is 27.3 Å². The zero-order valence-electron chi connectivity index (χ0n) is 11.3. The summed E-state index contributed by atoms with van der Waals surface area (Å²) in [5, 5.41) is 0. The lowest BCUT2D eigenvalue weighted by molar-refractivity contribution is 0.0606. The lowest BCUT2D eigenvalue weighted by Crippen LogP contribution is -2.35. The zero-order valence-corrected chi connectivity index (χ0v) is 14.5. The number of hydrogen-bond donors (Lipinski definition) is 0. The molecule has 1 aliphatic carbocycles. The molecule has 1 saturated carbocycles. The summed E-state index contributed by atoms with van der Waals surface area (Å²) in [6.07, 6.45) is 3.90. The molecule has 0 saturated heterocycles. The number of carbonyl (C=O) groups is 1. The first-order valence-electron chi connectivity index (χ1n) is 6.23. The molecule has 8 heteroatoms. The molecule has 5 nitrogen and oxygen atoms in total. The van der Waals surface area contributed by atoms with E-state index in [2.05, 4.69) is 20.7 Å². The summed E-state index contributed by atoms with van der Waals surface area (Å²) >= 11 is 4.30. The van der Waals surface area contributed by atoms with Crippen LogP contribution in [0.1, 0.15) is 35.4 Å². The van der Waals surface area contributed by atoms with Gasteiger partial charge in [-0.15, -0.1) is 11.3 Å². The molecule has 1 heterocycles. The fraction of sp³-hybridized carbons (Fsp3) is 0.583. The highest BCUT2D eigenvalue weighted by atomic mass is 79.9. The van der Waals surface area contributed by atoms with Gasteiger partial charge in [0.1, 0.15) is 9.77 Å². The summed E-state index contributed by atoms with van der Waals surface area (Å²) in [7, 11) is -0.708. The molecule has 0 radical (unpaired) electrons. The Kier molecular flexibility index (Phi) is 4.88. The fourth-order valence-electron chi connectivity index (χ4n) is 2.35. The maximum Gasteiger partial charge on any atom is 0.348 e. The molecule has 0 bridgehead atoms. The number of methoxy groups -OCH3 is 1. The van der Waals surface area contributed by atoms with Gasteiger partial charge in [-0.25, -0.2) is 13.2 Å². The molecule has 2 rings (SSSR count). The monoisotopic (exact) mass is 381 g/mol. The second kappa shape index (κ2) is 6.13. The predicted molar refractivity (Wildman–Crippen MR) is 80.6 cm³/mol. The zero-order chi connectivity index (χ0) is 14.9. The number of esters is 1. The normalized spacial score (nSPS) is 16.8. The minimum Gasteiger partial charge on any atom is -0.465 e. The van der Waals surface area contributed by atoms with Gasteiger partial charge in [0.25, 0.3) is 0 Å². The third-order valence-electron chi connectivity index (χ3n) is 3.54. The third-order valence-corrected chi connectivity index (χ3v) is 7.68. The number of halogens is 1. The van der Waals surface area contributed by atoms with E-state index in [-0.39, 0.29) is 15.8 Å². The molecule has 0 atom stereocenters. The maximum absolute atomic E-state index is 12.6. The Morgan fingerprint density at radius 3 is 2.60 bits per heavy atom. The average Bonchev–Trinajstić information content (AvgIpc) is 3.06. The SMILES string of the molecule is COC(=O)c1cc(S(=O)(=O)N(C)C2CCCC2)c(Br)s1. The van der Waals surface area contributed by atoms with Crippen molar-refractivity contribution in [2.75, 3.05) is 14.2 Å². The Labute approximate surface area is 131 Å². The van der Waals surface area contributed by atoms with Gasteiger partial charge in [0, 0.05) is 13.1 Å². The molecular weight excluding hydrogens is 366 g/mol. The lowest BCUT2D eigenvalue weighted by atomic mass is 10.3. The van der Waals surface area contributed by atoms with Gasteiger partial charge in [0.15, 0.2) is 0 Å². The highest BCUT2D eigenvalue weighted by Crippen LogP contribution is 2.35. The van der Waals surface area contributed by atoms with Gasteiger partial charge in [-0.1, -0.05) is 12.8 Å². The van der Waals surface area contributed by atoms with Crippen LogP contribution in [0.5, 0.6) is 0 Å². The molecule has 0 aliphatic heterocycles. The van der Waals surface area contributed by atoms with Crippen molar-refractivity contribution in [3.05, 3.63) is 14.7 Å². The highest BCUT2D eigenvalue weighted by molar-refractivity contribution is 9.11. The first kappa shape index (κ1) is 15.9. The van der Waals surface area contributed by atoms with Gasteiger partial charge in [-0.3, -0.25) is 0 Å². The Hall–Kier alpha value is -0.440. The van der Waals surface area contributed by atoms with Crippen molar-refractivity contribution in [3.8, 4) is 0 Å². The van der Waals surface area contributed by atoms with Crippen molar-refractivity contribution >= 4 is 43.3 Å². The number of nitrogens with zero attached hydrogens (tertiary/aromatic N) is 1. The number of ether oxygens (including phenoxy) is 1. The van der Waals surface area contributed by atoms with E-state index in [0.717, 1.165) is 37.0 Å². The molecule has 0 amide bonds. The van der Waals surface area contributed by atoms with Gasteiger partial charge in [0.2, 0.25) is 10.0 Å². The minimum atomic E-state index is -3.58. The van der Waals surface area contributed by atoms with Gasteiger partial charge in [-0.05, 0) is 34.8 Å². The topological polar surface area (TPSA) is 63.7 Å². The van der Waals surface area contributed by atoms with E-state index in [1.165, 1.54) is 17.5 Å². The number of carbonyl (C=O) groups excluding carboxylic acids is 1. The Morgan fingerprint density at radius 2 is 2.05 bits per heavy atom. The molecular formula is C12H16BrNO4S2. The van der Waals surface area contributed by atoms with Crippen molar-refractivity contribution in [1.82, 2.24) is 4.31 Å². The van der Waals surface area contributed by atoms with Crippen LogP contribution in [0.2, 0.25) is 0 Å². The molecule has 0 unspecified atom stereocenters. The number of rotatable bonds is 4. The lowest BCUT2D eigenvalue weighted by Gasteiger charge is -2.23. The summed E-state index contributed by atoms with van der Waals surface area (Å²) in [5.41, 5.74) is 0. The molecule has 1 aromatic rings. The highest BCUT2D eigenvalue weighted by Gasteiger charge is 2.33. The van der Waals surface area contributed by atoms with Gasteiger partial charge in [0.05, 0.1) is 10.9 Å². The van der Waals surface area contributed by atoms with E-state index in [4.69, 9.17) is 0 Å². The fourth-order valence-corrected chi connectivity index (χ4v) is 6.19. The molecule has 1 aliphatic rings. The van der Waals surface area contributed by atoms with E-state index < -0.39 is 16.0 Å². The second-order valence-electron chi connectivity index (χ2n) is 4.70. The molecule has 0 spiro atoms. The molecule has 0 N–H and O–H groups in total. The molecule has 20 heavy (non-hydrogen) atoms. The predicted octanol–water partition coefficient (Wildman–Crippen LogP) is 2.86. The summed E-state index contributed by atoms with van der Waals surface area (Å²) in [6, 6.07) is 1.43. The van der Waals surface area contributed by atoms with E-state index in [1.807, 2.05) is 0 Å². The number of sulfonamides is 1. The Morgan fingerprint density at radius 1 is 1.45 bits per heavy atom. The van der Waals surface area contributed by atoms with Gasteiger partial charge in [-0.2, -0.15) is 4.31 Å². The van der Waals surface area contributed by atoms with Crippen LogP contribution in [0.3, 0.4) is 0 Å². The number of hydrogen-bond acceptors (Lipinski definition) is 5. The summed E-state index contributed by atoms with van der Waals surface area (Å²) < 4.78 is 31.7. The van der Waals surface area contributed by atoms with E-state index in [0.29, 0.717) is 3.79 Å². The smallest absolute Gasteiger partial charge is 0.348 e. The Balaban J connectivity index is 2.33. The standard InChI is InChI=1S/C12H16BrNO4S2/c1-14(8-5-3-4-6-8)20(16,17)10-7-9(12(15)18-2)19-11(10)13/h7-8H,3-6H2,1-2H3. The van der Waals surface area contributed by atoms with Crippen molar-refractivity contribution in [1.29, 1.82) is 0 Å². The van der Waals surface area contributed by atoms with Crippen LogP contribution in [0.15, 0.2) is 14.7 Å². The van der Waals surface area contributed by atoms with E-state index >= 15 is 0 Å². The third kappa shape index (κ3) is 2.93. The van der Waals surface area contributed by atoms with Crippen molar-refractivity contribution in [2.45, 2.75) is 36.6 Å². The average molecular weight is 382 g/mol. The van der Waals surface area contributed by atoms with E-state index in [1.54, 1.807) is 7.05 Å². The van der Waals surface area contributed by atoms with Crippen LogP contribution in [0.4, 0.5) is 0 Å². The Bertz CT molecular complexity index is 605. The van der Waals surface area contributed by atoms with E-state index in [9.17, 15) is 13.2 Å². The van der Waals surface area contributed by atoms with Crippen LogP contribution in [0.25, 0.3) is 0 Å². The van der Waals surface area contributed by atoms with Crippen LogP contribution in [-0.2, 0) is 14.8 Å². The molecule has 1 aromatic heterocycles. The number of thiophene rings is 1. The van der Waals surface area contributed by atoms with Crippen LogP contribution in [0, 0.1) is 0 Å². The minimum absolute atomic E-state index is 0.0494. The van der Waals surface area contributed by atoms with Gasteiger partial charge < -0.3 is 4.74 Å². The van der Waals surface area contributed by atoms with Gasteiger partial charge >= 0.3 is 5.97 Å². The summed E-state index contributed by atoms with van der Waals surface area (Å²) in [6.45, 7) is 0. The maximum atomic E-state index is 12.6.